The Kier molecular flexibility index (Phi) is 4.61. The topological polar surface area (TPSA) is 66.8 Å². The molecule has 0 radical (unpaired) electrons. The predicted molar refractivity (Wildman–Crippen MR) is 86.8 cm³/mol. The Balaban J connectivity index is 2.57. The van der Waals surface area contributed by atoms with E-state index in [1.807, 2.05) is 0 Å². The summed E-state index contributed by atoms with van der Waals surface area (Å²) in [6.45, 7) is 5.92. The van der Waals surface area contributed by atoms with Gasteiger partial charge in [-0.15, -0.1) is 0 Å². The standard InChI is InChI=1S/C16H17BrF3NO4/c1-14(2,3)25-13(24)21-10-7-15(4,12(22)23)6-9(17)8(10)5-11(21)16(18,19)20/h5-7,11H,1-4H3,(H,22,23). The van der Waals surface area contributed by atoms with Gasteiger partial charge in [0.15, 0.2) is 6.04 Å². The molecule has 0 aromatic rings. The Morgan fingerprint density at radius 3 is 2.28 bits per heavy atom. The van der Waals surface area contributed by atoms with Crippen molar-refractivity contribution in [3.05, 3.63) is 34.0 Å². The van der Waals surface area contributed by atoms with E-state index in [4.69, 9.17) is 4.74 Å². The smallest absolute Gasteiger partial charge is 0.415 e. The Hall–Kier alpha value is -1.77. The number of carboxylic acids is 1. The highest BCUT2D eigenvalue weighted by molar-refractivity contribution is 9.12. The minimum absolute atomic E-state index is 0.104. The zero-order valence-corrected chi connectivity index (χ0v) is 15.5. The number of amides is 1. The van der Waals surface area contributed by atoms with E-state index in [1.54, 1.807) is 0 Å². The summed E-state index contributed by atoms with van der Waals surface area (Å²) >= 11 is 3.11. The Labute approximate surface area is 150 Å². The van der Waals surface area contributed by atoms with Gasteiger partial charge in [0.1, 0.15) is 11.0 Å². The molecule has 1 aliphatic carbocycles. The summed E-state index contributed by atoms with van der Waals surface area (Å²) in [4.78, 5) is 24.4. The summed E-state index contributed by atoms with van der Waals surface area (Å²) in [5, 5.41) is 9.39. The average Bonchev–Trinajstić information content (AvgIpc) is 2.75. The van der Waals surface area contributed by atoms with Crippen LogP contribution < -0.4 is 0 Å². The Morgan fingerprint density at radius 1 is 1.28 bits per heavy atom. The molecule has 25 heavy (non-hydrogen) atoms. The van der Waals surface area contributed by atoms with Gasteiger partial charge in [0.2, 0.25) is 0 Å². The van der Waals surface area contributed by atoms with Gasteiger partial charge in [0.05, 0.1) is 5.70 Å². The van der Waals surface area contributed by atoms with Crippen molar-refractivity contribution >= 4 is 28.0 Å². The number of halogens is 4. The van der Waals surface area contributed by atoms with Crippen LogP contribution in [-0.2, 0) is 9.53 Å². The summed E-state index contributed by atoms with van der Waals surface area (Å²) in [5.74, 6) is -1.25. The van der Waals surface area contributed by atoms with Crippen LogP contribution in [0.1, 0.15) is 27.7 Å². The van der Waals surface area contributed by atoms with E-state index < -0.39 is 35.3 Å². The average molecular weight is 424 g/mol. The van der Waals surface area contributed by atoms with Crippen molar-refractivity contribution in [1.82, 2.24) is 4.90 Å². The molecular formula is C16H17BrF3NO4. The van der Waals surface area contributed by atoms with Gasteiger partial charge < -0.3 is 9.84 Å². The highest BCUT2D eigenvalue weighted by Crippen LogP contribution is 2.47. The number of carboxylic acid groups (broad SMARTS) is 1. The zero-order chi connectivity index (χ0) is 19.4. The fourth-order valence-corrected chi connectivity index (χ4v) is 3.31. The van der Waals surface area contributed by atoms with E-state index in [2.05, 4.69) is 15.9 Å². The third-order valence-corrected chi connectivity index (χ3v) is 4.30. The monoisotopic (exact) mass is 423 g/mol. The molecule has 0 bridgehead atoms. The van der Waals surface area contributed by atoms with Crippen molar-refractivity contribution in [2.24, 2.45) is 5.41 Å². The fraction of sp³-hybridized carbons (Fsp3) is 0.500. The van der Waals surface area contributed by atoms with Crippen molar-refractivity contribution in [2.45, 2.75) is 45.5 Å². The van der Waals surface area contributed by atoms with Crippen LogP contribution in [0, 0.1) is 5.41 Å². The van der Waals surface area contributed by atoms with Crippen LogP contribution in [0.15, 0.2) is 34.0 Å². The molecule has 2 aliphatic rings. The van der Waals surface area contributed by atoms with Crippen LogP contribution in [0.3, 0.4) is 0 Å². The van der Waals surface area contributed by atoms with Gasteiger partial charge in [0.25, 0.3) is 0 Å². The molecule has 0 aromatic carbocycles. The second-order valence-electron chi connectivity index (χ2n) is 7.03. The minimum Gasteiger partial charge on any atom is -0.480 e. The fourth-order valence-electron chi connectivity index (χ4n) is 2.50. The summed E-state index contributed by atoms with van der Waals surface area (Å²) < 4.78 is 45.6. The summed E-state index contributed by atoms with van der Waals surface area (Å²) in [7, 11) is 0. The molecule has 0 saturated heterocycles. The van der Waals surface area contributed by atoms with Crippen LogP contribution in [0.5, 0.6) is 0 Å². The number of hydrogen-bond acceptors (Lipinski definition) is 3. The summed E-state index contributed by atoms with van der Waals surface area (Å²) in [5.41, 5.74) is -2.61. The lowest BCUT2D eigenvalue weighted by atomic mass is 9.84. The number of rotatable bonds is 1. The molecule has 5 nitrogen and oxygen atoms in total. The van der Waals surface area contributed by atoms with Gasteiger partial charge in [-0.25, -0.2) is 4.79 Å². The molecule has 0 saturated carbocycles. The molecule has 1 amide bonds. The number of carbonyl (C=O) groups excluding carboxylic acids is 1. The van der Waals surface area contributed by atoms with Crippen molar-refractivity contribution in [1.29, 1.82) is 0 Å². The van der Waals surface area contributed by atoms with Gasteiger partial charge in [-0.2, -0.15) is 13.2 Å². The van der Waals surface area contributed by atoms with E-state index in [1.165, 1.54) is 33.8 Å². The molecule has 9 heteroatoms. The second-order valence-corrected chi connectivity index (χ2v) is 7.88. The first kappa shape index (κ1) is 19.6. The van der Waals surface area contributed by atoms with Gasteiger partial charge in [-0.1, -0.05) is 15.9 Å². The molecular weight excluding hydrogens is 407 g/mol. The number of aliphatic carboxylic acids is 1. The van der Waals surface area contributed by atoms with Gasteiger partial charge >= 0.3 is 18.2 Å². The highest BCUT2D eigenvalue weighted by Gasteiger charge is 2.53. The van der Waals surface area contributed by atoms with Crippen LogP contribution >= 0.6 is 15.9 Å². The Morgan fingerprint density at radius 2 is 1.84 bits per heavy atom. The molecule has 0 spiro atoms. The molecule has 2 rings (SSSR count). The second kappa shape index (κ2) is 5.89. The number of carbonyl (C=O) groups is 2. The summed E-state index contributed by atoms with van der Waals surface area (Å²) in [6.07, 6.45) is -2.65. The van der Waals surface area contributed by atoms with Gasteiger partial charge in [0, 0.05) is 10.1 Å². The maximum atomic E-state index is 13.4. The molecule has 1 N–H and O–H groups in total. The number of ether oxygens (including phenoxy) is 1. The number of alkyl halides is 3. The molecule has 2 unspecified atom stereocenters. The van der Waals surface area contributed by atoms with Gasteiger partial charge in [-0.05, 0) is 45.9 Å². The Bertz CT molecular complexity index is 718. The quantitative estimate of drug-likeness (QED) is 0.680. The lowest BCUT2D eigenvalue weighted by molar-refractivity contribution is -0.161. The molecule has 0 fully saturated rings. The lowest BCUT2D eigenvalue weighted by Gasteiger charge is -2.33. The SMILES string of the molecule is CC(C)(C)OC(=O)N1C2=CC(C)(C(=O)O)C=C(Br)C2=CC1C(F)(F)F. The number of allylic oxidation sites excluding steroid dienone is 1. The largest absolute Gasteiger partial charge is 0.480 e. The van der Waals surface area contributed by atoms with E-state index in [-0.39, 0.29) is 15.8 Å². The minimum atomic E-state index is -4.74. The normalized spacial score (nSPS) is 26.5. The third kappa shape index (κ3) is 3.75. The lowest BCUT2D eigenvalue weighted by Crippen LogP contribution is -2.46. The van der Waals surface area contributed by atoms with Crippen LogP contribution in [0.2, 0.25) is 0 Å². The molecule has 1 aliphatic heterocycles. The maximum absolute atomic E-state index is 13.4. The van der Waals surface area contributed by atoms with E-state index >= 15 is 0 Å². The molecule has 138 valence electrons. The van der Waals surface area contributed by atoms with Gasteiger partial charge in [-0.3, -0.25) is 9.69 Å². The maximum Gasteiger partial charge on any atom is 0.415 e. The van der Waals surface area contributed by atoms with E-state index in [0.717, 1.165) is 12.2 Å². The molecule has 2 atom stereocenters. The van der Waals surface area contributed by atoms with Crippen molar-refractivity contribution in [3.63, 3.8) is 0 Å². The summed E-state index contributed by atoms with van der Waals surface area (Å²) in [6, 6.07) is -2.24. The van der Waals surface area contributed by atoms with Crippen molar-refractivity contribution in [2.75, 3.05) is 0 Å². The van der Waals surface area contributed by atoms with E-state index in [9.17, 15) is 27.9 Å². The number of nitrogens with zero attached hydrogens (tertiary/aromatic N) is 1. The predicted octanol–water partition coefficient (Wildman–Crippen LogP) is 4.36. The first-order valence-corrected chi connectivity index (χ1v) is 8.11. The zero-order valence-electron chi connectivity index (χ0n) is 13.9. The first-order chi connectivity index (χ1) is 11.2. The first-order valence-electron chi connectivity index (χ1n) is 7.32. The third-order valence-electron chi connectivity index (χ3n) is 3.64. The number of fused-ring (bicyclic) bond motifs is 1. The van der Waals surface area contributed by atoms with Crippen molar-refractivity contribution in [3.8, 4) is 0 Å². The molecule has 0 aromatic heterocycles. The number of hydrogen-bond donors (Lipinski definition) is 1. The van der Waals surface area contributed by atoms with Crippen LogP contribution in [-0.4, -0.2) is 39.9 Å². The van der Waals surface area contributed by atoms with Crippen LogP contribution in [0.4, 0.5) is 18.0 Å². The van der Waals surface area contributed by atoms with E-state index in [0.29, 0.717) is 4.90 Å². The highest BCUT2D eigenvalue weighted by atomic mass is 79.9. The molecule has 1 heterocycles. The van der Waals surface area contributed by atoms with Crippen LogP contribution in [0.25, 0.3) is 0 Å². The van der Waals surface area contributed by atoms with Crippen molar-refractivity contribution < 1.29 is 32.6 Å².